The molecule has 0 aliphatic rings. The quantitative estimate of drug-likeness (QED) is 0.442. The van der Waals surface area contributed by atoms with Crippen LogP contribution in [-0.4, -0.2) is 34.4 Å². The van der Waals surface area contributed by atoms with Gasteiger partial charge in [0.05, 0.1) is 0 Å². The van der Waals surface area contributed by atoms with Gasteiger partial charge in [-0.3, -0.25) is 4.99 Å². The Kier molecular flexibility index (Phi) is 5.03. The molecule has 0 amide bonds. The van der Waals surface area contributed by atoms with Crippen molar-refractivity contribution >= 4 is 22.4 Å². The first-order chi connectivity index (χ1) is 9.70. The lowest BCUT2D eigenvalue weighted by molar-refractivity contribution is 0.291. The molecule has 0 saturated carbocycles. The number of guanidine groups is 1. The molecule has 0 unspecified atom stereocenters. The van der Waals surface area contributed by atoms with E-state index in [0.29, 0.717) is 18.1 Å². The summed E-state index contributed by atoms with van der Waals surface area (Å²) < 4.78 is 0. The third-order valence-electron chi connectivity index (χ3n) is 2.63. The average molecular weight is 291 g/mol. The Labute approximate surface area is 121 Å². The number of nitrogens with one attached hydrogen (secondary N) is 1. The number of nitrogens with zero attached hydrogens (tertiary/aromatic N) is 3. The molecule has 1 aromatic carbocycles. The largest absolute Gasteiger partial charge is 0.396 e. The molecule has 0 saturated heterocycles. The monoisotopic (exact) mass is 291 g/mol. The van der Waals surface area contributed by atoms with Crippen molar-refractivity contribution in [3.8, 4) is 10.6 Å². The molecule has 1 heterocycles. The van der Waals surface area contributed by atoms with Gasteiger partial charge in [0.15, 0.2) is 5.96 Å². The molecule has 0 radical (unpaired) electrons. The van der Waals surface area contributed by atoms with Crippen LogP contribution in [0.3, 0.4) is 0 Å². The van der Waals surface area contributed by atoms with Crippen LogP contribution in [0.2, 0.25) is 0 Å². The molecular formula is C13H17N5OS. The van der Waals surface area contributed by atoms with Crippen molar-refractivity contribution < 1.29 is 5.11 Å². The Morgan fingerprint density at radius 1 is 1.40 bits per heavy atom. The molecule has 20 heavy (non-hydrogen) atoms. The van der Waals surface area contributed by atoms with Crippen LogP contribution in [0.15, 0.2) is 29.3 Å². The highest BCUT2D eigenvalue weighted by Crippen LogP contribution is 2.28. The molecule has 0 bridgehead atoms. The van der Waals surface area contributed by atoms with Gasteiger partial charge in [-0.2, -0.15) is 0 Å². The number of aliphatic imine (C=N–C) groups is 1. The van der Waals surface area contributed by atoms with Crippen LogP contribution in [-0.2, 0) is 0 Å². The summed E-state index contributed by atoms with van der Waals surface area (Å²) in [7, 11) is 0. The molecule has 106 valence electrons. The van der Waals surface area contributed by atoms with Gasteiger partial charge in [0.1, 0.15) is 5.01 Å². The number of rotatable bonds is 5. The summed E-state index contributed by atoms with van der Waals surface area (Å²) in [6.07, 6.45) is 0.590. The SMILES string of the molecule is Cc1ccccc1-c1nnc(NC(N)=NCCCO)s1. The van der Waals surface area contributed by atoms with Gasteiger partial charge in [-0.25, -0.2) is 0 Å². The van der Waals surface area contributed by atoms with Gasteiger partial charge in [-0.05, 0) is 18.9 Å². The van der Waals surface area contributed by atoms with Gasteiger partial charge in [0, 0.05) is 18.7 Å². The number of hydrogen-bond donors (Lipinski definition) is 3. The Hall–Kier alpha value is -1.99. The van der Waals surface area contributed by atoms with Crippen LogP contribution in [0.4, 0.5) is 5.13 Å². The Bertz CT molecular complexity index is 596. The summed E-state index contributed by atoms with van der Waals surface area (Å²) in [6.45, 7) is 2.63. The standard InChI is InChI=1S/C13H17N5OS/c1-9-5-2-3-6-10(9)11-17-18-13(20-11)16-12(14)15-7-4-8-19/h2-3,5-6,19H,4,7-8H2,1H3,(H3,14,15,16,18). The zero-order chi connectivity index (χ0) is 14.4. The van der Waals surface area contributed by atoms with Gasteiger partial charge in [0.25, 0.3) is 0 Å². The molecule has 4 N–H and O–H groups in total. The van der Waals surface area contributed by atoms with Crippen LogP contribution < -0.4 is 11.1 Å². The molecule has 1 aromatic heterocycles. The number of aromatic nitrogens is 2. The molecule has 0 aliphatic carbocycles. The first-order valence-corrected chi connectivity index (χ1v) is 7.09. The number of hydrogen-bond acceptors (Lipinski definition) is 5. The van der Waals surface area contributed by atoms with Gasteiger partial charge in [0.2, 0.25) is 5.13 Å². The first kappa shape index (κ1) is 14.4. The van der Waals surface area contributed by atoms with E-state index in [2.05, 4.69) is 20.5 Å². The van der Waals surface area contributed by atoms with E-state index in [1.54, 1.807) is 0 Å². The lowest BCUT2D eigenvalue weighted by Gasteiger charge is -2.00. The van der Waals surface area contributed by atoms with Crippen molar-refractivity contribution in [1.29, 1.82) is 0 Å². The summed E-state index contributed by atoms with van der Waals surface area (Å²) in [6, 6.07) is 8.01. The maximum Gasteiger partial charge on any atom is 0.212 e. The van der Waals surface area contributed by atoms with E-state index in [9.17, 15) is 0 Å². The maximum absolute atomic E-state index is 8.67. The highest BCUT2D eigenvalue weighted by atomic mass is 32.1. The fourth-order valence-electron chi connectivity index (χ4n) is 1.61. The van der Waals surface area contributed by atoms with Gasteiger partial charge >= 0.3 is 0 Å². The summed E-state index contributed by atoms with van der Waals surface area (Å²) in [5, 5.41) is 21.2. The van der Waals surface area contributed by atoms with Crippen LogP contribution in [0.25, 0.3) is 10.6 Å². The second kappa shape index (κ2) is 6.97. The molecule has 0 atom stereocenters. The Balaban J connectivity index is 2.06. The highest BCUT2D eigenvalue weighted by molar-refractivity contribution is 7.18. The minimum atomic E-state index is 0.104. The molecular weight excluding hydrogens is 274 g/mol. The molecule has 0 spiro atoms. The summed E-state index contributed by atoms with van der Waals surface area (Å²) in [5.74, 6) is 0.283. The predicted octanol–water partition coefficient (Wildman–Crippen LogP) is 1.62. The van der Waals surface area contributed by atoms with Gasteiger partial charge in [-0.15, -0.1) is 10.2 Å². The van der Waals surface area contributed by atoms with Crippen LogP contribution in [0, 0.1) is 6.92 Å². The van der Waals surface area contributed by atoms with Crippen molar-refractivity contribution in [2.45, 2.75) is 13.3 Å². The predicted molar refractivity (Wildman–Crippen MR) is 81.9 cm³/mol. The third-order valence-corrected chi connectivity index (χ3v) is 3.51. The molecule has 0 aliphatic heterocycles. The zero-order valence-electron chi connectivity index (χ0n) is 11.2. The van der Waals surface area contributed by atoms with E-state index in [0.717, 1.165) is 16.1 Å². The minimum Gasteiger partial charge on any atom is -0.396 e. The van der Waals surface area contributed by atoms with Crippen molar-refractivity contribution in [3.05, 3.63) is 29.8 Å². The lowest BCUT2D eigenvalue weighted by Crippen LogP contribution is -2.22. The summed E-state index contributed by atoms with van der Waals surface area (Å²) in [4.78, 5) is 4.07. The van der Waals surface area contributed by atoms with E-state index in [4.69, 9.17) is 10.8 Å². The third kappa shape index (κ3) is 3.75. The van der Waals surface area contributed by atoms with Crippen molar-refractivity contribution in [2.24, 2.45) is 10.7 Å². The van der Waals surface area contributed by atoms with E-state index in [-0.39, 0.29) is 12.6 Å². The molecule has 7 heteroatoms. The second-order valence-corrected chi connectivity index (χ2v) is 5.17. The number of aryl methyl sites for hydroxylation is 1. The van der Waals surface area contributed by atoms with Crippen LogP contribution in [0.1, 0.15) is 12.0 Å². The Morgan fingerprint density at radius 3 is 2.95 bits per heavy atom. The molecule has 6 nitrogen and oxygen atoms in total. The van der Waals surface area contributed by atoms with E-state index in [1.165, 1.54) is 11.3 Å². The molecule has 0 fully saturated rings. The normalized spacial score (nSPS) is 11.6. The number of nitrogens with two attached hydrogens (primary N) is 1. The van der Waals surface area contributed by atoms with Crippen molar-refractivity contribution in [3.63, 3.8) is 0 Å². The average Bonchev–Trinajstić information content (AvgIpc) is 2.88. The second-order valence-electron chi connectivity index (χ2n) is 4.20. The van der Waals surface area contributed by atoms with Crippen molar-refractivity contribution in [1.82, 2.24) is 10.2 Å². The summed E-state index contributed by atoms with van der Waals surface area (Å²) >= 11 is 1.42. The summed E-state index contributed by atoms with van der Waals surface area (Å²) in [5.41, 5.74) is 7.94. The van der Waals surface area contributed by atoms with E-state index in [1.807, 2.05) is 31.2 Å². The highest BCUT2D eigenvalue weighted by Gasteiger charge is 2.08. The number of benzene rings is 1. The van der Waals surface area contributed by atoms with Gasteiger partial charge in [-0.1, -0.05) is 35.6 Å². The fraction of sp³-hybridized carbons (Fsp3) is 0.308. The fourth-order valence-corrected chi connectivity index (χ4v) is 2.46. The van der Waals surface area contributed by atoms with E-state index >= 15 is 0 Å². The smallest absolute Gasteiger partial charge is 0.212 e. The van der Waals surface area contributed by atoms with Gasteiger partial charge < -0.3 is 16.2 Å². The number of aliphatic hydroxyl groups is 1. The first-order valence-electron chi connectivity index (χ1n) is 6.28. The lowest BCUT2D eigenvalue weighted by atomic mass is 10.1. The van der Waals surface area contributed by atoms with Crippen LogP contribution in [0.5, 0.6) is 0 Å². The molecule has 2 aromatic rings. The number of anilines is 1. The zero-order valence-corrected chi connectivity index (χ0v) is 12.0. The van der Waals surface area contributed by atoms with E-state index < -0.39 is 0 Å². The maximum atomic E-state index is 8.67. The molecule has 2 rings (SSSR count). The minimum absolute atomic E-state index is 0.104. The number of aliphatic hydroxyl groups excluding tert-OH is 1. The van der Waals surface area contributed by atoms with Crippen LogP contribution >= 0.6 is 11.3 Å². The van der Waals surface area contributed by atoms with Crippen molar-refractivity contribution in [2.75, 3.05) is 18.5 Å². The topological polar surface area (TPSA) is 96.4 Å². The Morgan fingerprint density at radius 2 is 2.20 bits per heavy atom.